The summed E-state index contributed by atoms with van der Waals surface area (Å²) in [6.07, 6.45) is 3.71. The van der Waals surface area contributed by atoms with Crippen LogP contribution in [0.4, 0.5) is 0 Å². The van der Waals surface area contributed by atoms with Crippen LogP contribution in [0.3, 0.4) is 0 Å². The minimum atomic E-state index is -1.41. The third kappa shape index (κ3) is 8.96. The van der Waals surface area contributed by atoms with Crippen LogP contribution < -0.4 is 5.32 Å². The lowest BCUT2D eigenvalue weighted by Gasteiger charge is -2.46. The first-order valence-electron chi connectivity index (χ1n) is 7.51. The van der Waals surface area contributed by atoms with Crippen LogP contribution in [-0.2, 0) is 9.16 Å². The quantitative estimate of drug-likeness (QED) is 0.562. The molecule has 1 heterocycles. The highest BCUT2D eigenvalue weighted by Crippen LogP contribution is 2.30. The highest BCUT2D eigenvalue weighted by molar-refractivity contribution is 6.71. The van der Waals surface area contributed by atoms with E-state index in [2.05, 4.69) is 46.1 Å². The van der Waals surface area contributed by atoms with Crippen LogP contribution in [0.15, 0.2) is 0 Å². The zero-order valence-electron chi connectivity index (χ0n) is 13.9. The van der Waals surface area contributed by atoms with Crippen molar-refractivity contribution in [2.45, 2.75) is 98.1 Å². The lowest BCUT2D eigenvalue weighted by atomic mass is 9.81. The van der Waals surface area contributed by atoms with Crippen molar-refractivity contribution in [1.82, 2.24) is 5.32 Å². The summed E-state index contributed by atoms with van der Waals surface area (Å²) in [7, 11) is 0.425. The fourth-order valence-electron chi connectivity index (χ4n) is 3.20. The van der Waals surface area contributed by atoms with Crippen molar-refractivity contribution in [3.8, 4) is 0 Å². The maximum atomic E-state index is 6.12. The molecule has 130 valence electrons. The van der Waals surface area contributed by atoms with Crippen LogP contribution in [0, 0.1) is 0 Å². The van der Waals surface area contributed by atoms with Crippen molar-refractivity contribution in [2.24, 2.45) is 0 Å². The molecule has 0 aromatic carbocycles. The molecule has 0 amide bonds. The number of piperidine rings is 1. The second kappa shape index (κ2) is 8.66. The van der Waals surface area contributed by atoms with Gasteiger partial charge in [-0.3, -0.25) is 0 Å². The van der Waals surface area contributed by atoms with Gasteiger partial charge in [-0.05, 0) is 66.1 Å². The number of hydrogen-bond donors (Lipinski definition) is 1. The standard InChI is InChI=1S/C15H33NO2Si.2CH4/c1-14(2)11-13(12-15(3,4)16-14)18-9-8-10-19(6,7)17-5;;/h13,16H,8-12H2,1-7H3;2*1H4. The van der Waals surface area contributed by atoms with Crippen molar-refractivity contribution >= 4 is 8.32 Å². The van der Waals surface area contributed by atoms with Crippen LogP contribution in [0.5, 0.6) is 0 Å². The van der Waals surface area contributed by atoms with Gasteiger partial charge in [0.1, 0.15) is 0 Å². The molecule has 0 aromatic rings. The Balaban J connectivity index is 0. The summed E-state index contributed by atoms with van der Waals surface area (Å²) in [5.74, 6) is 0. The van der Waals surface area contributed by atoms with Crippen molar-refractivity contribution < 1.29 is 9.16 Å². The van der Waals surface area contributed by atoms with Gasteiger partial charge >= 0.3 is 0 Å². The molecule has 0 atom stereocenters. The van der Waals surface area contributed by atoms with Crippen molar-refractivity contribution in [3.05, 3.63) is 0 Å². The SMILES string of the molecule is C.C.CO[Si](C)(C)CCCOC1CC(C)(C)NC(C)(C)C1. The maximum Gasteiger partial charge on any atom is 0.186 e. The number of nitrogens with one attached hydrogen (secondary N) is 1. The van der Waals surface area contributed by atoms with E-state index in [1.807, 2.05) is 7.11 Å². The summed E-state index contributed by atoms with van der Waals surface area (Å²) >= 11 is 0. The summed E-state index contributed by atoms with van der Waals surface area (Å²) in [4.78, 5) is 0. The summed E-state index contributed by atoms with van der Waals surface area (Å²) in [6, 6.07) is 1.18. The zero-order chi connectivity index (χ0) is 14.7. The van der Waals surface area contributed by atoms with E-state index in [4.69, 9.17) is 9.16 Å². The smallest absolute Gasteiger partial charge is 0.186 e. The van der Waals surface area contributed by atoms with Gasteiger partial charge in [0, 0.05) is 24.8 Å². The Morgan fingerprint density at radius 1 is 1.05 bits per heavy atom. The maximum absolute atomic E-state index is 6.12. The van der Waals surface area contributed by atoms with Gasteiger partial charge in [-0.2, -0.15) is 0 Å². The van der Waals surface area contributed by atoms with Crippen LogP contribution in [0.2, 0.25) is 19.1 Å². The van der Waals surface area contributed by atoms with Gasteiger partial charge in [-0.1, -0.05) is 14.9 Å². The molecule has 0 unspecified atom stereocenters. The van der Waals surface area contributed by atoms with E-state index in [9.17, 15) is 0 Å². The molecule has 1 rings (SSSR count). The van der Waals surface area contributed by atoms with Crippen molar-refractivity contribution in [1.29, 1.82) is 0 Å². The molecular formula is C17H41NO2Si. The zero-order valence-corrected chi connectivity index (χ0v) is 14.9. The molecule has 1 aliphatic heterocycles. The Morgan fingerprint density at radius 2 is 1.52 bits per heavy atom. The average Bonchev–Trinajstić information content (AvgIpc) is 2.20. The first-order chi connectivity index (χ1) is 8.55. The van der Waals surface area contributed by atoms with Gasteiger partial charge < -0.3 is 14.5 Å². The van der Waals surface area contributed by atoms with Crippen LogP contribution in [0.25, 0.3) is 0 Å². The Kier molecular flexibility index (Phi) is 9.63. The minimum absolute atomic E-state index is 0. The van der Waals surface area contributed by atoms with E-state index in [-0.39, 0.29) is 25.9 Å². The predicted molar refractivity (Wildman–Crippen MR) is 97.6 cm³/mol. The van der Waals surface area contributed by atoms with Crippen LogP contribution >= 0.6 is 0 Å². The normalized spacial score (nSPS) is 21.3. The second-order valence-corrected chi connectivity index (χ2v) is 12.3. The van der Waals surface area contributed by atoms with Crippen molar-refractivity contribution in [3.63, 3.8) is 0 Å². The van der Waals surface area contributed by atoms with E-state index < -0.39 is 8.32 Å². The predicted octanol–water partition coefficient (Wildman–Crippen LogP) is 4.83. The molecular weight excluding hydrogens is 278 g/mol. The lowest BCUT2D eigenvalue weighted by molar-refractivity contribution is -0.0215. The largest absolute Gasteiger partial charge is 0.420 e. The second-order valence-electron chi connectivity index (χ2n) is 7.86. The summed E-state index contributed by atoms with van der Waals surface area (Å²) in [6.45, 7) is 14.5. The third-order valence-electron chi connectivity index (χ3n) is 3.98. The van der Waals surface area contributed by atoms with E-state index in [0.29, 0.717) is 6.10 Å². The summed E-state index contributed by atoms with van der Waals surface area (Å²) in [5, 5.41) is 3.69. The summed E-state index contributed by atoms with van der Waals surface area (Å²) in [5.41, 5.74) is 0.347. The Hall–Kier alpha value is 0.0969. The molecule has 1 saturated heterocycles. The van der Waals surface area contributed by atoms with Gasteiger partial charge in [-0.25, -0.2) is 0 Å². The van der Waals surface area contributed by atoms with E-state index in [0.717, 1.165) is 25.9 Å². The minimum Gasteiger partial charge on any atom is -0.420 e. The van der Waals surface area contributed by atoms with Gasteiger partial charge in [0.2, 0.25) is 0 Å². The van der Waals surface area contributed by atoms with Gasteiger partial charge in [0.25, 0.3) is 0 Å². The van der Waals surface area contributed by atoms with E-state index in [1.54, 1.807) is 0 Å². The number of hydrogen-bond acceptors (Lipinski definition) is 3. The van der Waals surface area contributed by atoms with E-state index >= 15 is 0 Å². The fraction of sp³-hybridized carbons (Fsp3) is 1.00. The molecule has 21 heavy (non-hydrogen) atoms. The van der Waals surface area contributed by atoms with Gasteiger partial charge in [-0.15, -0.1) is 0 Å². The van der Waals surface area contributed by atoms with Gasteiger partial charge in [0.05, 0.1) is 6.10 Å². The Morgan fingerprint density at radius 3 is 1.95 bits per heavy atom. The highest BCUT2D eigenvalue weighted by atomic mass is 28.4. The number of ether oxygens (including phenoxy) is 1. The van der Waals surface area contributed by atoms with E-state index in [1.165, 1.54) is 6.04 Å². The first kappa shape index (κ1) is 23.4. The topological polar surface area (TPSA) is 30.5 Å². The molecule has 0 spiro atoms. The average molecular weight is 320 g/mol. The van der Waals surface area contributed by atoms with Gasteiger partial charge in [0.15, 0.2) is 8.32 Å². The molecule has 0 aromatic heterocycles. The third-order valence-corrected chi connectivity index (χ3v) is 6.64. The fourth-order valence-corrected chi connectivity index (χ4v) is 4.40. The monoisotopic (exact) mass is 319 g/mol. The molecule has 4 heteroatoms. The lowest BCUT2D eigenvalue weighted by Crippen LogP contribution is -2.59. The van der Waals surface area contributed by atoms with Crippen LogP contribution in [-0.4, -0.2) is 39.2 Å². The molecule has 0 saturated carbocycles. The molecule has 0 radical (unpaired) electrons. The first-order valence-corrected chi connectivity index (χ1v) is 10.6. The molecule has 1 aliphatic rings. The highest BCUT2D eigenvalue weighted by Gasteiger charge is 2.38. The Bertz CT molecular complexity index is 275. The Labute approximate surface area is 135 Å². The number of rotatable bonds is 6. The molecule has 0 bridgehead atoms. The summed E-state index contributed by atoms with van der Waals surface area (Å²) < 4.78 is 11.7. The van der Waals surface area contributed by atoms with Crippen molar-refractivity contribution in [2.75, 3.05) is 13.7 Å². The molecule has 0 aliphatic carbocycles. The molecule has 3 nitrogen and oxygen atoms in total. The van der Waals surface area contributed by atoms with Crippen LogP contribution in [0.1, 0.15) is 61.8 Å². The molecule has 1 fully saturated rings. The molecule has 1 N–H and O–H groups in total.